The van der Waals surface area contributed by atoms with Gasteiger partial charge in [0.25, 0.3) is 6.43 Å². The number of rotatable bonds is 4. The minimum Gasteiger partial charge on any atom is -0.494 e. The quantitative estimate of drug-likeness (QED) is 0.614. The van der Waals surface area contributed by atoms with E-state index in [4.69, 9.17) is 9.47 Å². The molecule has 0 bridgehead atoms. The van der Waals surface area contributed by atoms with Crippen LogP contribution >= 0.6 is 22.6 Å². The average molecular weight is 357 g/mol. The van der Waals surface area contributed by atoms with E-state index in [1.54, 1.807) is 29.5 Å². The molecule has 0 saturated carbocycles. The number of nitrogens with zero attached hydrogens (tertiary/aromatic N) is 1. The fraction of sp³-hybridized carbons (Fsp3) is 0.400. The van der Waals surface area contributed by atoms with E-state index < -0.39 is 12.4 Å². The number of ether oxygens (including phenoxy) is 2. The fourth-order valence-electron chi connectivity index (χ4n) is 1.24. The van der Waals surface area contributed by atoms with Crippen LogP contribution in [-0.4, -0.2) is 24.7 Å². The van der Waals surface area contributed by atoms with Crippen LogP contribution in [-0.2, 0) is 4.74 Å². The molecule has 94 valence electrons. The van der Waals surface area contributed by atoms with Gasteiger partial charge in [0, 0.05) is 9.77 Å². The van der Waals surface area contributed by atoms with E-state index in [0.717, 1.165) is 0 Å². The zero-order valence-electron chi connectivity index (χ0n) is 9.17. The minimum absolute atomic E-state index is 0.139. The summed E-state index contributed by atoms with van der Waals surface area (Å²) in [5.74, 6) is -1.01. The van der Waals surface area contributed by atoms with Crippen molar-refractivity contribution in [2.75, 3.05) is 13.7 Å². The summed E-state index contributed by atoms with van der Waals surface area (Å²) in [7, 11) is 1.21. The highest BCUT2D eigenvalue weighted by atomic mass is 127. The highest BCUT2D eigenvalue weighted by molar-refractivity contribution is 14.1. The van der Waals surface area contributed by atoms with Gasteiger partial charge in [0.2, 0.25) is 0 Å². The first-order chi connectivity index (χ1) is 8.02. The second-order valence-corrected chi connectivity index (χ2v) is 4.09. The number of carbonyl (C=O) groups excluding carboxylic acids is 1. The Kier molecular flexibility index (Phi) is 5.03. The second-order valence-electron chi connectivity index (χ2n) is 2.92. The average Bonchev–Trinajstić information content (AvgIpc) is 2.27. The first-order valence-corrected chi connectivity index (χ1v) is 5.78. The summed E-state index contributed by atoms with van der Waals surface area (Å²) < 4.78 is 35.5. The Labute approximate surface area is 110 Å². The highest BCUT2D eigenvalue weighted by Crippen LogP contribution is 2.34. The van der Waals surface area contributed by atoms with E-state index in [1.165, 1.54) is 13.3 Å². The predicted octanol–water partition coefficient (Wildman–Crippen LogP) is 2.81. The number of alkyl halides is 2. The van der Waals surface area contributed by atoms with Gasteiger partial charge >= 0.3 is 5.97 Å². The molecule has 1 rings (SSSR count). The zero-order chi connectivity index (χ0) is 13.0. The molecule has 1 heterocycles. The number of pyridine rings is 1. The van der Waals surface area contributed by atoms with Gasteiger partial charge in [0.05, 0.1) is 19.3 Å². The minimum atomic E-state index is -2.74. The maximum absolute atomic E-state index is 12.8. The fourth-order valence-corrected chi connectivity index (χ4v) is 1.86. The maximum atomic E-state index is 12.8. The Morgan fingerprint density at radius 1 is 1.59 bits per heavy atom. The van der Waals surface area contributed by atoms with E-state index in [2.05, 4.69) is 4.98 Å². The number of aromatic nitrogens is 1. The van der Waals surface area contributed by atoms with Crippen LogP contribution in [0.5, 0.6) is 5.75 Å². The van der Waals surface area contributed by atoms with Crippen LogP contribution in [0.1, 0.15) is 29.4 Å². The van der Waals surface area contributed by atoms with Crippen LogP contribution in [0.4, 0.5) is 8.78 Å². The van der Waals surface area contributed by atoms with Gasteiger partial charge in [-0.05, 0) is 29.5 Å². The molecule has 0 fully saturated rings. The molecule has 0 N–H and O–H groups in total. The number of hydrogen-bond acceptors (Lipinski definition) is 4. The summed E-state index contributed by atoms with van der Waals surface area (Å²) in [6.07, 6.45) is -1.55. The Bertz CT molecular complexity index is 426. The van der Waals surface area contributed by atoms with Crippen molar-refractivity contribution >= 4 is 28.6 Å². The molecule has 0 spiro atoms. The summed E-state index contributed by atoms with van der Waals surface area (Å²) >= 11 is 1.71. The maximum Gasteiger partial charge on any atom is 0.360 e. The molecule has 0 aliphatic carbocycles. The van der Waals surface area contributed by atoms with Crippen molar-refractivity contribution < 1.29 is 23.0 Å². The SMILES string of the molecule is CCOC(=O)c1ncc(I)c(C(F)F)c1OC. The normalized spacial score (nSPS) is 10.5. The van der Waals surface area contributed by atoms with Crippen molar-refractivity contribution in [3.63, 3.8) is 0 Å². The van der Waals surface area contributed by atoms with Gasteiger partial charge in [-0.15, -0.1) is 0 Å². The van der Waals surface area contributed by atoms with Crippen molar-refractivity contribution in [1.29, 1.82) is 0 Å². The lowest BCUT2D eigenvalue weighted by Crippen LogP contribution is -2.12. The number of methoxy groups -OCH3 is 1. The molecule has 7 heteroatoms. The summed E-state index contributed by atoms with van der Waals surface area (Å²) in [4.78, 5) is 15.3. The third-order valence-corrected chi connectivity index (χ3v) is 2.77. The second kappa shape index (κ2) is 6.08. The Balaban J connectivity index is 3.32. The predicted molar refractivity (Wildman–Crippen MR) is 64.4 cm³/mol. The third kappa shape index (κ3) is 3.02. The molecule has 0 radical (unpaired) electrons. The van der Waals surface area contributed by atoms with Gasteiger partial charge in [-0.25, -0.2) is 18.6 Å². The van der Waals surface area contributed by atoms with E-state index in [9.17, 15) is 13.6 Å². The van der Waals surface area contributed by atoms with Gasteiger partial charge in [-0.3, -0.25) is 0 Å². The van der Waals surface area contributed by atoms with E-state index in [0.29, 0.717) is 0 Å². The van der Waals surface area contributed by atoms with E-state index >= 15 is 0 Å². The first-order valence-electron chi connectivity index (χ1n) is 4.70. The zero-order valence-corrected chi connectivity index (χ0v) is 11.3. The Morgan fingerprint density at radius 3 is 2.71 bits per heavy atom. The van der Waals surface area contributed by atoms with Crippen LogP contribution in [0.3, 0.4) is 0 Å². The third-order valence-electron chi connectivity index (χ3n) is 1.92. The molecule has 17 heavy (non-hydrogen) atoms. The largest absolute Gasteiger partial charge is 0.494 e. The van der Waals surface area contributed by atoms with E-state index in [1.807, 2.05) is 0 Å². The van der Waals surface area contributed by atoms with Crippen molar-refractivity contribution in [3.8, 4) is 5.75 Å². The molecule has 0 atom stereocenters. The van der Waals surface area contributed by atoms with Crippen molar-refractivity contribution in [2.24, 2.45) is 0 Å². The molecule has 0 amide bonds. The molecular formula is C10H10F2INO3. The number of halogens is 3. The molecule has 1 aromatic rings. The molecule has 4 nitrogen and oxygen atoms in total. The molecular weight excluding hydrogens is 347 g/mol. The van der Waals surface area contributed by atoms with Gasteiger partial charge < -0.3 is 9.47 Å². The summed E-state index contributed by atoms with van der Waals surface area (Å²) in [5, 5.41) is 0. The number of carbonyl (C=O) groups is 1. The molecule has 0 aromatic carbocycles. The summed E-state index contributed by atoms with van der Waals surface area (Å²) in [6, 6.07) is 0. The number of hydrogen-bond donors (Lipinski definition) is 0. The lowest BCUT2D eigenvalue weighted by Gasteiger charge is -2.12. The first kappa shape index (κ1) is 14.1. The van der Waals surface area contributed by atoms with Gasteiger partial charge in [-0.2, -0.15) is 0 Å². The van der Waals surface area contributed by atoms with Gasteiger partial charge in [0.15, 0.2) is 11.4 Å². The van der Waals surface area contributed by atoms with E-state index in [-0.39, 0.29) is 27.2 Å². The van der Waals surface area contributed by atoms with Crippen molar-refractivity contribution in [2.45, 2.75) is 13.3 Å². The van der Waals surface area contributed by atoms with Gasteiger partial charge in [0.1, 0.15) is 0 Å². The van der Waals surface area contributed by atoms with Crippen LogP contribution in [0, 0.1) is 3.57 Å². The van der Waals surface area contributed by atoms with Gasteiger partial charge in [-0.1, -0.05) is 0 Å². The molecule has 0 aliphatic heterocycles. The Morgan fingerprint density at radius 2 is 2.24 bits per heavy atom. The molecule has 1 aromatic heterocycles. The van der Waals surface area contributed by atoms with Crippen LogP contribution in [0.25, 0.3) is 0 Å². The molecule has 0 saturated heterocycles. The lowest BCUT2D eigenvalue weighted by atomic mass is 10.2. The van der Waals surface area contributed by atoms with Crippen molar-refractivity contribution in [1.82, 2.24) is 4.98 Å². The topological polar surface area (TPSA) is 48.4 Å². The Hall–Kier alpha value is -0.990. The summed E-state index contributed by atoms with van der Waals surface area (Å²) in [5.41, 5.74) is -0.573. The molecule has 0 unspecified atom stereocenters. The van der Waals surface area contributed by atoms with Crippen LogP contribution < -0.4 is 4.74 Å². The monoisotopic (exact) mass is 357 g/mol. The smallest absolute Gasteiger partial charge is 0.360 e. The van der Waals surface area contributed by atoms with Crippen LogP contribution in [0.2, 0.25) is 0 Å². The molecule has 0 aliphatic rings. The highest BCUT2D eigenvalue weighted by Gasteiger charge is 2.25. The number of esters is 1. The van der Waals surface area contributed by atoms with Crippen molar-refractivity contribution in [3.05, 3.63) is 21.0 Å². The standard InChI is InChI=1S/C10H10F2INO3/c1-3-17-10(15)7-8(16-2)6(9(11)12)5(13)4-14-7/h4,9H,3H2,1-2H3. The van der Waals surface area contributed by atoms with Crippen LogP contribution in [0.15, 0.2) is 6.20 Å². The summed E-state index contributed by atoms with van der Waals surface area (Å²) in [6.45, 7) is 1.75. The lowest BCUT2D eigenvalue weighted by molar-refractivity contribution is 0.0514.